The summed E-state index contributed by atoms with van der Waals surface area (Å²) >= 11 is 0. The van der Waals surface area contributed by atoms with Gasteiger partial charge in [0.25, 0.3) is 0 Å². The van der Waals surface area contributed by atoms with Crippen molar-refractivity contribution < 1.29 is 0 Å². The first-order valence-corrected chi connectivity index (χ1v) is 3.01. The molecular weight excluding hydrogens is 114 g/mol. The van der Waals surface area contributed by atoms with Crippen LogP contribution in [0.2, 0.25) is 0 Å². The van der Waals surface area contributed by atoms with Gasteiger partial charge in [-0.25, -0.2) is 0 Å². The van der Waals surface area contributed by atoms with Gasteiger partial charge in [-0.3, -0.25) is 5.01 Å². The van der Waals surface area contributed by atoms with Crippen LogP contribution in [0.4, 0.5) is 0 Å². The highest BCUT2D eigenvalue weighted by Gasteiger charge is 1.98. The van der Waals surface area contributed by atoms with Gasteiger partial charge in [0.2, 0.25) is 0 Å². The molecule has 0 aromatic heterocycles. The van der Waals surface area contributed by atoms with Crippen molar-refractivity contribution in [1.82, 2.24) is 5.01 Å². The third-order valence-corrected chi connectivity index (χ3v) is 0.946. The molecule has 0 rings (SSSR count). The van der Waals surface area contributed by atoms with E-state index in [0.717, 1.165) is 0 Å². The molecule has 0 radical (unpaired) electrons. The monoisotopic (exact) mass is 127 g/mol. The van der Waals surface area contributed by atoms with E-state index < -0.39 is 0 Å². The van der Waals surface area contributed by atoms with Crippen LogP contribution < -0.4 is 0 Å². The Labute approximate surface area is 55.8 Å². The van der Waals surface area contributed by atoms with E-state index in [2.05, 4.69) is 5.22 Å². The van der Waals surface area contributed by atoms with E-state index >= 15 is 0 Å². The van der Waals surface area contributed by atoms with Crippen LogP contribution in [0.1, 0.15) is 20.8 Å². The van der Waals surface area contributed by atoms with Gasteiger partial charge in [-0.05, 0) is 20.8 Å². The van der Waals surface area contributed by atoms with Crippen molar-refractivity contribution in [1.29, 1.82) is 5.53 Å². The van der Waals surface area contributed by atoms with Gasteiger partial charge in [0.1, 0.15) is 0 Å². The minimum absolute atomic E-state index is 0.277. The van der Waals surface area contributed by atoms with Gasteiger partial charge in [-0.15, -0.1) is 0 Å². The third kappa shape index (κ3) is 2.85. The van der Waals surface area contributed by atoms with Crippen molar-refractivity contribution in [3.8, 4) is 0 Å². The van der Waals surface area contributed by atoms with E-state index in [1.165, 1.54) is 0 Å². The van der Waals surface area contributed by atoms with Gasteiger partial charge in [0.15, 0.2) is 0 Å². The largest absolute Gasteiger partial charge is 0.253 e. The van der Waals surface area contributed by atoms with Crippen LogP contribution in [0, 0.1) is 5.53 Å². The van der Waals surface area contributed by atoms with Crippen LogP contribution in [0.3, 0.4) is 0 Å². The molecule has 0 aliphatic rings. The molecule has 0 saturated heterocycles. The Balaban J connectivity index is 3.82. The second-order valence-electron chi connectivity index (χ2n) is 2.06. The molecule has 0 atom stereocenters. The lowest BCUT2D eigenvalue weighted by atomic mass is 10.4. The lowest BCUT2D eigenvalue weighted by molar-refractivity contribution is 0.297. The molecule has 0 aromatic carbocycles. The van der Waals surface area contributed by atoms with E-state index in [4.69, 9.17) is 5.53 Å². The van der Waals surface area contributed by atoms with Gasteiger partial charge in [-0.2, -0.15) is 5.53 Å². The molecule has 0 bridgehead atoms. The van der Waals surface area contributed by atoms with Crippen LogP contribution in [0.15, 0.2) is 17.5 Å². The van der Waals surface area contributed by atoms with Gasteiger partial charge in [0.05, 0.1) is 0 Å². The van der Waals surface area contributed by atoms with Crippen molar-refractivity contribution in [3.05, 3.63) is 12.3 Å². The number of allylic oxidation sites excluding steroid dienone is 1. The van der Waals surface area contributed by atoms with Crippen LogP contribution in [0.5, 0.6) is 0 Å². The Bertz CT molecular complexity index is 107. The summed E-state index contributed by atoms with van der Waals surface area (Å²) in [6.07, 6.45) is 3.63. The van der Waals surface area contributed by atoms with Crippen LogP contribution in [0.25, 0.3) is 0 Å². The van der Waals surface area contributed by atoms with Crippen molar-refractivity contribution in [2.75, 3.05) is 0 Å². The topological polar surface area (TPSA) is 39.5 Å². The summed E-state index contributed by atoms with van der Waals surface area (Å²) in [4.78, 5) is 0. The van der Waals surface area contributed by atoms with Gasteiger partial charge < -0.3 is 0 Å². The minimum atomic E-state index is 0.277. The summed E-state index contributed by atoms with van der Waals surface area (Å²) in [6, 6.07) is 0.277. The number of hydrogen-bond donors (Lipinski definition) is 1. The zero-order valence-corrected chi connectivity index (χ0v) is 6.13. The van der Waals surface area contributed by atoms with Crippen molar-refractivity contribution in [3.63, 3.8) is 0 Å². The normalized spacial score (nSPS) is 10.7. The highest BCUT2D eigenvalue weighted by Crippen LogP contribution is 1.97. The number of nitrogens with zero attached hydrogens (tertiary/aromatic N) is 2. The predicted molar refractivity (Wildman–Crippen MR) is 36.9 cm³/mol. The van der Waals surface area contributed by atoms with E-state index in [0.29, 0.717) is 0 Å². The fourth-order valence-electron chi connectivity index (χ4n) is 0.474. The zero-order valence-electron chi connectivity index (χ0n) is 6.13. The maximum absolute atomic E-state index is 6.69. The second kappa shape index (κ2) is 4.06. The highest BCUT2D eigenvalue weighted by molar-refractivity contribution is 4.77. The van der Waals surface area contributed by atoms with Crippen LogP contribution in [-0.2, 0) is 0 Å². The summed E-state index contributed by atoms with van der Waals surface area (Å²) in [6.45, 7) is 5.87. The number of hydrogen-bond acceptors (Lipinski definition) is 2. The van der Waals surface area contributed by atoms with Gasteiger partial charge in [0, 0.05) is 12.2 Å². The molecule has 0 saturated carbocycles. The molecule has 3 heteroatoms. The van der Waals surface area contributed by atoms with E-state index in [1.807, 2.05) is 26.8 Å². The highest BCUT2D eigenvalue weighted by atomic mass is 15.5. The van der Waals surface area contributed by atoms with E-state index in [1.54, 1.807) is 11.2 Å². The summed E-state index contributed by atoms with van der Waals surface area (Å²) in [7, 11) is 0. The summed E-state index contributed by atoms with van der Waals surface area (Å²) in [5, 5.41) is 4.86. The smallest absolute Gasteiger partial charge is 0.0479 e. The molecule has 0 amide bonds. The number of rotatable bonds is 3. The fourth-order valence-corrected chi connectivity index (χ4v) is 0.474. The molecule has 1 N–H and O–H groups in total. The summed E-state index contributed by atoms with van der Waals surface area (Å²) < 4.78 is 0. The predicted octanol–water partition coefficient (Wildman–Crippen LogP) is 2.18. The van der Waals surface area contributed by atoms with Crippen molar-refractivity contribution >= 4 is 0 Å². The molecular formula is C6H13N3. The average Bonchev–Trinajstić information content (AvgIpc) is 1.82. The molecule has 9 heavy (non-hydrogen) atoms. The molecule has 0 aromatic rings. The molecule has 0 spiro atoms. The van der Waals surface area contributed by atoms with Gasteiger partial charge in [-0.1, -0.05) is 11.3 Å². The molecule has 0 fully saturated rings. The summed E-state index contributed by atoms with van der Waals surface area (Å²) in [5.41, 5.74) is 6.69. The fraction of sp³-hybridized carbons (Fsp3) is 0.667. The Kier molecular flexibility index (Phi) is 3.67. The maximum Gasteiger partial charge on any atom is 0.0479 e. The Morgan fingerprint density at radius 1 is 1.56 bits per heavy atom. The maximum atomic E-state index is 6.69. The standard InChI is InChI=1S/C6H13N3/c1-4-5-9(8-7)6(2)3/h4-7H,1-3H3/b5-4-,8-7?. The summed E-state index contributed by atoms with van der Waals surface area (Å²) in [5.74, 6) is 0. The molecule has 3 nitrogen and oxygen atoms in total. The first kappa shape index (κ1) is 8.14. The quantitative estimate of drug-likeness (QED) is 0.458. The first-order chi connectivity index (χ1) is 4.22. The average molecular weight is 127 g/mol. The van der Waals surface area contributed by atoms with Crippen molar-refractivity contribution in [2.45, 2.75) is 26.8 Å². The second-order valence-corrected chi connectivity index (χ2v) is 2.06. The van der Waals surface area contributed by atoms with Crippen LogP contribution in [-0.4, -0.2) is 11.1 Å². The molecule has 0 aliphatic carbocycles. The zero-order chi connectivity index (χ0) is 7.28. The van der Waals surface area contributed by atoms with Crippen LogP contribution >= 0.6 is 0 Å². The Morgan fingerprint density at radius 2 is 2.11 bits per heavy atom. The molecule has 52 valence electrons. The van der Waals surface area contributed by atoms with Gasteiger partial charge >= 0.3 is 0 Å². The Morgan fingerprint density at radius 3 is 2.22 bits per heavy atom. The lowest BCUT2D eigenvalue weighted by Crippen LogP contribution is -2.17. The van der Waals surface area contributed by atoms with E-state index in [-0.39, 0.29) is 6.04 Å². The van der Waals surface area contributed by atoms with E-state index in [9.17, 15) is 0 Å². The minimum Gasteiger partial charge on any atom is -0.253 e. The molecule has 0 heterocycles. The SMILES string of the molecule is C/C=C\N(N=N)C(C)C. The number of nitrogens with one attached hydrogen (secondary N) is 1. The Hall–Kier alpha value is -0.860. The van der Waals surface area contributed by atoms with Crippen molar-refractivity contribution in [2.24, 2.45) is 5.22 Å². The molecule has 0 aliphatic heterocycles. The molecule has 0 unspecified atom stereocenters. The lowest BCUT2D eigenvalue weighted by Gasteiger charge is -2.15. The first-order valence-electron chi connectivity index (χ1n) is 3.01. The third-order valence-electron chi connectivity index (χ3n) is 0.946.